The molecule has 4 atom stereocenters. The molecule has 0 bridgehead atoms. The van der Waals surface area contributed by atoms with Gasteiger partial charge in [-0.2, -0.15) is 0 Å². The molecule has 0 radical (unpaired) electrons. The number of fused-ring (bicyclic) bond motifs is 1. The summed E-state index contributed by atoms with van der Waals surface area (Å²) in [7, 11) is 0. The van der Waals surface area contributed by atoms with Crippen molar-refractivity contribution in [3.8, 4) is 0 Å². The summed E-state index contributed by atoms with van der Waals surface area (Å²) < 4.78 is 5.80. The highest BCUT2D eigenvalue weighted by Gasteiger charge is 2.59. The number of hydrogen-bond acceptors (Lipinski definition) is 4. The fourth-order valence-corrected chi connectivity index (χ4v) is 4.57. The molecule has 2 heterocycles. The van der Waals surface area contributed by atoms with Crippen LogP contribution in [0.2, 0.25) is 0 Å². The van der Waals surface area contributed by atoms with Crippen molar-refractivity contribution in [3.63, 3.8) is 0 Å². The van der Waals surface area contributed by atoms with Crippen LogP contribution in [0.1, 0.15) is 37.6 Å². The van der Waals surface area contributed by atoms with Gasteiger partial charge in [0.2, 0.25) is 0 Å². The van der Waals surface area contributed by atoms with Gasteiger partial charge in [0, 0.05) is 28.9 Å². The largest absolute Gasteiger partial charge is 0.481 e. The molecule has 2 N–H and O–H groups in total. The van der Waals surface area contributed by atoms with Crippen LogP contribution in [0, 0.1) is 11.3 Å². The second-order valence-corrected chi connectivity index (χ2v) is 7.35. The molecular weight excluding hydrogens is 274 g/mol. The lowest BCUT2D eigenvalue weighted by atomic mass is 9.57. The van der Waals surface area contributed by atoms with Crippen LogP contribution < -0.4 is 5.32 Å². The lowest BCUT2D eigenvalue weighted by molar-refractivity contribution is -0.139. The Labute approximate surface area is 123 Å². The first-order valence-corrected chi connectivity index (χ1v) is 8.01. The third-order valence-electron chi connectivity index (χ3n) is 4.75. The smallest absolute Gasteiger partial charge is 0.305 e. The number of carboxylic acids is 1. The Hall–Kier alpha value is -0.910. The van der Waals surface area contributed by atoms with Gasteiger partial charge in [0.05, 0.1) is 18.6 Å². The molecule has 1 saturated heterocycles. The minimum Gasteiger partial charge on any atom is -0.481 e. The van der Waals surface area contributed by atoms with Crippen molar-refractivity contribution in [2.45, 2.75) is 44.9 Å². The number of ether oxygens (including phenoxy) is 1. The molecule has 0 spiro atoms. The van der Waals surface area contributed by atoms with E-state index in [1.54, 1.807) is 11.3 Å². The third kappa shape index (κ3) is 2.28. The second kappa shape index (κ2) is 5.13. The van der Waals surface area contributed by atoms with E-state index in [9.17, 15) is 4.79 Å². The summed E-state index contributed by atoms with van der Waals surface area (Å²) in [6, 6.07) is 4.23. The number of nitrogens with one attached hydrogen (secondary N) is 1. The Morgan fingerprint density at radius 3 is 3.10 bits per heavy atom. The number of aliphatic carboxylic acids is 1. The fraction of sp³-hybridized carbons (Fsp3) is 0.667. The topological polar surface area (TPSA) is 58.6 Å². The molecule has 1 aliphatic heterocycles. The minimum atomic E-state index is -0.757. The predicted molar refractivity (Wildman–Crippen MR) is 77.9 cm³/mol. The van der Waals surface area contributed by atoms with Crippen molar-refractivity contribution in [3.05, 3.63) is 22.4 Å². The molecule has 5 heteroatoms. The van der Waals surface area contributed by atoms with Gasteiger partial charge >= 0.3 is 5.97 Å². The van der Waals surface area contributed by atoms with Crippen molar-refractivity contribution < 1.29 is 14.6 Å². The summed E-state index contributed by atoms with van der Waals surface area (Å²) in [5, 5.41) is 14.7. The molecule has 2 fully saturated rings. The highest BCUT2D eigenvalue weighted by atomic mass is 32.1. The van der Waals surface area contributed by atoms with Gasteiger partial charge in [0.25, 0.3) is 0 Å². The van der Waals surface area contributed by atoms with Gasteiger partial charge in [-0.15, -0.1) is 11.3 Å². The quantitative estimate of drug-likeness (QED) is 0.877. The van der Waals surface area contributed by atoms with E-state index in [2.05, 4.69) is 19.2 Å². The molecule has 1 aliphatic carbocycles. The van der Waals surface area contributed by atoms with Crippen LogP contribution in [0.15, 0.2) is 17.5 Å². The Bertz CT molecular complexity index is 485. The maximum absolute atomic E-state index is 11.1. The molecule has 3 rings (SSSR count). The average Bonchev–Trinajstić information content (AvgIpc) is 3.03. The normalized spacial score (nSPS) is 32.4. The van der Waals surface area contributed by atoms with Crippen LogP contribution >= 0.6 is 11.3 Å². The van der Waals surface area contributed by atoms with Crippen LogP contribution in [0.5, 0.6) is 0 Å². The molecule has 4 unspecified atom stereocenters. The first-order chi connectivity index (χ1) is 9.50. The second-order valence-electron chi connectivity index (χ2n) is 6.38. The Morgan fingerprint density at radius 2 is 2.45 bits per heavy atom. The molecule has 0 amide bonds. The van der Waals surface area contributed by atoms with Crippen molar-refractivity contribution in [2.24, 2.45) is 11.3 Å². The van der Waals surface area contributed by atoms with E-state index < -0.39 is 5.97 Å². The summed E-state index contributed by atoms with van der Waals surface area (Å²) in [5.74, 6) is -0.228. The molecule has 20 heavy (non-hydrogen) atoms. The summed E-state index contributed by atoms with van der Waals surface area (Å²) in [6.45, 7) is 5.26. The van der Waals surface area contributed by atoms with E-state index in [0.717, 1.165) is 17.9 Å². The lowest BCUT2D eigenvalue weighted by Crippen LogP contribution is -2.66. The Kier molecular flexibility index (Phi) is 3.60. The molecular formula is C15H21NO3S. The predicted octanol–water partition coefficient (Wildman–Crippen LogP) is 2.67. The fourth-order valence-electron chi connectivity index (χ4n) is 3.79. The molecule has 2 aliphatic rings. The zero-order valence-corrected chi connectivity index (χ0v) is 12.7. The maximum Gasteiger partial charge on any atom is 0.305 e. The average molecular weight is 295 g/mol. The van der Waals surface area contributed by atoms with E-state index in [1.807, 2.05) is 17.5 Å². The van der Waals surface area contributed by atoms with E-state index >= 15 is 0 Å². The van der Waals surface area contributed by atoms with Crippen molar-refractivity contribution in [1.29, 1.82) is 0 Å². The van der Waals surface area contributed by atoms with Gasteiger partial charge < -0.3 is 15.2 Å². The molecule has 110 valence electrons. The highest BCUT2D eigenvalue weighted by molar-refractivity contribution is 7.10. The SMILES string of the molecule is CC1(C)C(NC(CC(=O)O)c2cccs2)C2CCOC21. The molecule has 4 nitrogen and oxygen atoms in total. The van der Waals surface area contributed by atoms with E-state index in [1.165, 1.54) is 0 Å². The molecule has 1 saturated carbocycles. The summed E-state index contributed by atoms with van der Waals surface area (Å²) in [5.41, 5.74) is 0.0786. The highest BCUT2D eigenvalue weighted by Crippen LogP contribution is 2.52. The van der Waals surface area contributed by atoms with Crippen molar-refractivity contribution >= 4 is 17.3 Å². The Balaban J connectivity index is 1.75. The van der Waals surface area contributed by atoms with Crippen LogP contribution in [0.3, 0.4) is 0 Å². The third-order valence-corrected chi connectivity index (χ3v) is 5.73. The van der Waals surface area contributed by atoms with Gasteiger partial charge in [-0.05, 0) is 17.9 Å². The minimum absolute atomic E-state index is 0.0786. The first-order valence-electron chi connectivity index (χ1n) is 7.13. The van der Waals surface area contributed by atoms with E-state index in [-0.39, 0.29) is 17.9 Å². The van der Waals surface area contributed by atoms with Crippen LogP contribution in [0.4, 0.5) is 0 Å². The first kappa shape index (κ1) is 14.0. The van der Waals surface area contributed by atoms with Gasteiger partial charge in [-0.25, -0.2) is 0 Å². The molecule has 1 aromatic heterocycles. The van der Waals surface area contributed by atoms with Crippen LogP contribution in [0.25, 0.3) is 0 Å². The number of hydrogen-bond donors (Lipinski definition) is 2. The summed E-state index contributed by atoms with van der Waals surface area (Å²) >= 11 is 1.62. The van der Waals surface area contributed by atoms with Gasteiger partial charge in [-0.1, -0.05) is 19.9 Å². The standard InChI is InChI=1S/C15H21NO3S/c1-15(2)13(9-5-6-19-14(9)15)16-10(8-12(17)18)11-4-3-7-20-11/h3-4,7,9-10,13-14,16H,5-6,8H2,1-2H3,(H,17,18). The number of thiophene rings is 1. The van der Waals surface area contributed by atoms with E-state index in [0.29, 0.717) is 18.1 Å². The zero-order chi connectivity index (χ0) is 14.3. The molecule has 0 aromatic carbocycles. The van der Waals surface area contributed by atoms with Gasteiger partial charge in [-0.3, -0.25) is 4.79 Å². The van der Waals surface area contributed by atoms with Crippen molar-refractivity contribution in [2.75, 3.05) is 6.61 Å². The summed E-state index contributed by atoms with van der Waals surface area (Å²) in [4.78, 5) is 12.2. The van der Waals surface area contributed by atoms with Gasteiger partial charge in [0.1, 0.15) is 0 Å². The number of rotatable bonds is 5. The monoisotopic (exact) mass is 295 g/mol. The van der Waals surface area contributed by atoms with E-state index in [4.69, 9.17) is 9.84 Å². The van der Waals surface area contributed by atoms with Gasteiger partial charge in [0.15, 0.2) is 0 Å². The number of carbonyl (C=O) groups is 1. The zero-order valence-electron chi connectivity index (χ0n) is 11.8. The van der Waals surface area contributed by atoms with Crippen LogP contribution in [-0.2, 0) is 9.53 Å². The molecule has 1 aromatic rings. The summed E-state index contributed by atoms with van der Waals surface area (Å²) in [6.07, 6.45) is 1.54. The Morgan fingerprint density at radius 1 is 1.65 bits per heavy atom. The maximum atomic E-state index is 11.1. The van der Waals surface area contributed by atoms with Crippen molar-refractivity contribution in [1.82, 2.24) is 5.32 Å². The van der Waals surface area contributed by atoms with Crippen LogP contribution in [-0.4, -0.2) is 29.8 Å². The lowest BCUT2D eigenvalue weighted by Gasteiger charge is -2.55. The number of carboxylic acid groups (broad SMARTS) is 1.